The first-order chi connectivity index (χ1) is 6.95. The van der Waals surface area contributed by atoms with Crippen LogP contribution in [0.2, 0.25) is 0 Å². The van der Waals surface area contributed by atoms with Gasteiger partial charge in [0.15, 0.2) is 0 Å². The van der Waals surface area contributed by atoms with Crippen LogP contribution in [0.4, 0.5) is 0 Å². The molecular formula is C10H17N3S. The summed E-state index contributed by atoms with van der Waals surface area (Å²) in [6.07, 6.45) is 5.97. The topological polar surface area (TPSA) is 37.0 Å². The Hall–Kier alpha value is -0.450. The number of hydrogen-bond donors (Lipinski definition) is 2. The Morgan fingerprint density at radius 1 is 1.57 bits per heavy atom. The molecule has 0 saturated carbocycles. The highest BCUT2D eigenvalue weighted by atomic mass is 32.1. The molecule has 1 fully saturated rings. The first-order valence-corrected chi connectivity index (χ1v) is 6.14. The lowest BCUT2D eigenvalue weighted by Gasteiger charge is -2.23. The molecule has 2 heterocycles. The maximum atomic E-state index is 4.05. The van der Waals surface area contributed by atoms with E-state index in [1.54, 1.807) is 11.3 Å². The molecule has 14 heavy (non-hydrogen) atoms. The number of hydrogen-bond acceptors (Lipinski definition) is 4. The van der Waals surface area contributed by atoms with Gasteiger partial charge in [-0.1, -0.05) is 6.42 Å². The third kappa shape index (κ3) is 3.04. The van der Waals surface area contributed by atoms with E-state index in [0.29, 0.717) is 6.04 Å². The number of nitrogens with one attached hydrogen (secondary N) is 2. The van der Waals surface area contributed by atoms with Crippen molar-refractivity contribution in [3.8, 4) is 0 Å². The molecule has 0 radical (unpaired) electrons. The molecule has 4 heteroatoms. The molecule has 1 aliphatic rings. The van der Waals surface area contributed by atoms with Crippen LogP contribution in [-0.2, 0) is 6.54 Å². The second-order valence-electron chi connectivity index (χ2n) is 3.75. The highest BCUT2D eigenvalue weighted by Gasteiger charge is 2.11. The van der Waals surface area contributed by atoms with Crippen LogP contribution in [0.3, 0.4) is 0 Å². The van der Waals surface area contributed by atoms with Gasteiger partial charge < -0.3 is 10.6 Å². The van der Waals surface area contributed by atoms with Gasteiger partial charge in [-0.25, -0.2) is 0 Å². The minimum absolute atomic E-state index is 0.677. The summed E-state index contributed by atoms with van der Waals surface area (Å²) in [5.41, 5.74) is 1.88. The van der Waals surface area contributed by atoms with Crippen molar-refractivity contribution in [2.24, 2.45) is 0 Å². The van der Waals surface area contributed by atoms with Crippen LogP contribution in [0.25, 0.3) is 0 Å². The molecule has 0 aromatic carbocycles. The Morgan fingerprint density at radius 2 is 2.57 bits per heavy atom. The molecule has 78 valence electrons. The van der Waals surface area contributed by atoms with Crippen LogP contribution in [0.15, 0.2) is 11.7 Å². The third-order valence-corrected chi connectivity index (χ3v) is 3.37. The highest BCUT2D eigenvalue weighted by Crippen LogP contribution is 2.07. The minimum Gasteiger partial charge on any atom is -0.313 e. The van der Waals surface area contributed by atoms with Crippen LogP contribution in [0, 0.1) is 0 Å². The van der Waals surface area contributed by atoms with Gasteiger partial charge in [-0.05, 0) is 19.4 Å². The van der Waals surface area contributed by atoms with Crippen molar-refractivity contribution in [1.29, 1.82) is 0 Å². The fourth-order valence-corrected chi connectivity index (χ4v) is 2.36. The van der Waals surface area contributed by atoms with E-state index in [-0.39, 0.29) is 0 Å². The van der Waals surface area contributed by atoms with Gasteiger partial charge in [-0.2, -0.15) is 0 Å². The van der Waals surface area contributed by atoms with Crippen LogP contribution in [-0.4, -0.2) is 24.1 Å². The number of piperidine rings is 1. The Labute approximate surface area is 88.9 Å². The zero-order valence-corrected chi connectivity index (χ0v) is 9.15. The van der Waals surface area contributed by atoms with E-state index in [0.717, 1.165) is 13.1 Å². The first-order valence-electron chi connectivity index (χ1n) is 5.26. The zero-order chi connectivity index (χ0) is 9.64. The lowest BCUT2D eigenvalue weighted by molar-refractivity contribution is 0.383. The summed E-state index contributed by atoms with van der Waals surface area (Å²) in [6, 6.07) is 0.677. The van der Waals surface area contributed by atoms with E-state index in [9.17, 15) is 0 Å². The van der Waals surface area contributed by atoms with E-state index in [1.807, 2.05) is 11.7 Å². The van der Waals surface area contributed by atoms with Crippen molar-refractivity contribution >= 4 is 11.3 Å². The minimum atomic E-state index is 0.677. The van der Waals surface area contributed by atoms with Gasteiger partial charge in [-0.3, -0.25) is 4.98 Å². The van der Waals surface area contributed by atoms with Crippen molar-refractivity contribution < 1.29 is 0 Å². The molecule has 1 saturated heterocycles. The standard InChI is InChI=1S/C10H17N3S/c1-2-4-13-9(3-1)5-11-6-10-7-12-8-14-10/h7-9,11,13H,1-6H2/t9-/m1/s1. The number of nitrogens with zero attached hydrogens (tertiary/aromatic N) is 1. The normalized spacial score (nSPS) is 22.4. The average molecular weight is 211 g/mol. The number of thiazole rings is 1. The van der Waals surface area contributed by atoms with Crippen molar-refractivity contribution in [3.63, 3.8) is 0 Å². The molecule has 1 aromatic rings. The molecule has 1 aromatic heterocycles. The zero-order valence-electron chi connectivity index (χ0n) is 8.33. The lowest BCUT2D eigenvalue weighted by atomic mass is 10.1. The van der Waals surface area contributed by atoms with Crippen molar-refractivity contribution in [2.45, 2.75) is 31.8 Å². The van der Waals surface area contributed by atoms with E-state index in [2.05, 4.69) is 15.6 Å². The number of aromatic nitrogens is 1. The molecule has 2 N–H and O–H groups in total. The van der Waals surface area contributed by atoms with Crippen LogP contribution in [0.1, 0.15) is 24.1 Å². The molecule has 0 unspecified atom stereocenters. The van der Waals surface area contributed by atoms with Crippen molar-refractivity contribution in [2.75, 3.05) is 13.1 Å². The van der Waals surface area contributed by atoms with Gasteiger partial charge in [0.2, 0.25) is 0 Å². The summed E-state index contributed by atoms with van der Waals surface area (Å²) in [5, 5.41) is 6.99. The highest BCUT2D eigenvalue weighted by molar-refractivity contribution is 7.09. The fraction of sp³-hybridized carbons (Fsp3) is 0.700. The van der Waals surface area contributed by atoms with Gasteiger partial charge in [0, 0.05) is 30.2 Å². The van der Waals surface area contributed by atoms with Gasteiger partial charge in [-0.15, -0.1) is 11.3 Å². The molecule has 2 rings (SSSR count). The Balaban J connectivity index is 1.62. The predicted molar refractivity (Wildman–Crippen MR) is 59.5 cm³/mol. The Bertz CT molecular complexity index is 242. The summed E-state index contributed by atoms with van der Waals surface area (Å²) in [4.78, 5) is 5.37. The maximum Gasteiger partial charge on any atom is 0.0794 e. The van der Waals surface area contributed by atoms with Gasteiger partial charge in [0.25, 0.3) is 0 Å². The van der Waals surface area contributed by atoms with Crippen molar-refractivity contribution in [3.05, 3.63) is 16.6 Å². The van der Waals surface area contributed by atoms with Gasteiger partial charge in [0.05, 0.1) is 5.51 Å². The summed E-state index contributed by atoms with van der Waals surface area (Å²) in [5.74, 6) is 0. The fourth-order valence-electron chi connectivity index (χ4n) is 1.80. The summed E-state index contributed by atoms with van der Waals surface area (Å²) in [6.45, 7) is 3.23. The molecule has 0 bridgehead atoms. The van der Waals surface area contributed by atoms with Gasteiger partial charge >= 0.3 is 0 Å². The quantitative estimate of drug-likeness (QED) is 0.790. The van der Waals surface area contributed by atoms with Crippen LogP contribution in [0.5, 0.6) is 0 Å². The molecule has 0 amide bonds. The monoisotopic (exact) mass is 211 g/mol. The molecular weight excluding hydrogens is 194 g/mol. The van der Waals surface area contributed by atoms with Gasteiger partial charge in [0.1, 0.15) is 0 Å². The molecule has 0 aliphatic carbocycles. The van der Waals surface area contributed by atoms with Crippen molar-refractivity contribution in [1.82, 2.24) is 15.6 Å². The first kappa shape index (κ1) is 10.1. The Morgan fingerprint density at radius 3 is 3.29 bits per heavy atom. The van der Waals surface area contributed by atoms with E-state index >= 15 is 0 Å². The second kappa shape index (κ2) is 5.44. The van der Waals surface area contributed by atoms with E-state index in [1.165, 1.54) is 30.7 Å². The summed E-state index contributed by atoms with van der Waals surface area (Å²) >= 11 is 1.72. The molecule has 0 spiro atoms. The maximum absolute atomic E-state index is 4.05. The van der Waals surface area contributed by atoms with E-state index in [4.69, 9.17) is 0 Å². The SMILES string of the molecule is c1ncc(CNC[C@H]2CCCCN2)s1. The van der Waals surface area contributed by atoms with E-state index < -0.39 is 0 Å². The second-order valence-corrected chi connectivity index (χ2v) is 4.72. The molecule has 1 aliphatic heterocycles. The summed E-state index contributed by atoms with van der Waals surface area (Å²) < 4.78 is 0. The third-order valence-electron chi connectivity index (χ3n) is 2.59. The lowest BCUT2D eigenvalue weighted by Crippen LogP contribution is -2.41. The summed E-state index contributed by atoms with van der Waals surface area (Å²) in [7, 11) is 0. The van der Waals surface area contributed by atoms with Crippen LogP contribution >= 0.6 is 11.3 Å². The smallest absolute Gasteiger partial charge is 0.0794 e. The van der Waals surface area contributed by atoms with Crippen LogP contribution < -0.4 is 10.6 Å². The average Bonchev–Trinajstić information content (AvgIpc) is 2.72. The number of rotatable bonds is 4. The molecule has 1 atom stereocenters. The predicted octanol–water partition coefficient (Wildman–Crippen LogP) is 1.37. The largest absolute Gasteiger partial charge is 0.313 e. The molecule has 3 nitrogen and oxygen atoms in total. The Kier molecular flexibility index (Phi) is 3.91.